The molecule has 0 heterocycles. The van der Waals surface area contributed by atoms with Crippen LogP contribution in [0.25, 0.3) is 0 Å². The maximum Gasteiger partial charge on any atom is 0.330 e. The van der Waals surface area contributed by atoms with Crippen LogP contribution in [0.4, 0.5) is 5.69 Å². The molecule has 1 aromatic carbocycles. The third-order valence-corrected chi connectivity index (χ3v) is 2.83. The lowest BCUT2D eigenvalue weighted by Crippen LogP contribution is -2.45. The summed E-state index contributed by atoms with van der Waals surface area (Å²) in [5.41, 5.74) is 3.00. The number of aliphatic hydroxyl groups is 1. The molecule has 0 aliphatic carbocycles. The van der Waals surface area contributed by atoms with Gasteiger partial charge >= 0.3 is 5.97 Å². The first-order valence-corrected chi connectivity index (χ1v) is 6.22. The molecule has 104 valence electrons. The Labute approximate surface area is 118 Å². The molecule has 0 bridgehead atoms. The summed E-state index contributed by atoms with van der Waals surface area (Å²) in [6, 6.07) is 5.07. The van der Waals surface area contributed by atoms with E-state index in [1.807, 2.05) is 32.0 Å². The lowest BCUT2D eigenvalue weighted by molar-refractivity contribution is -0.143. The van der Waals surface area contributed by atoms with Crippen LogP contribution in [-0.2, 0) is 9.53 Å². The largest absolute Gasteiger partial charge is 0.467 e. The van der Waals surface area contributed by atoms with E-state index in [0.717, 1.165) is 16.8 Å². The van der Waals surface area contributed by atoms with E-state index < -0.39 is 12.0 Å². The van der Waals surface area contributed by atoms with Crippen molar-refractivity contribution >= 4 is 29.0 Å². The number of anilines is 1. The van der Waals surface area contributed by atoms with Crippen LogP contribution < -0.4 is 10.6 Å². The minimum Gasteiger partial charge on any atom is -0.467 e. The molecule has 1 unspecified atom stereocenters. The molecule has 1 aromatic rings. The molecule has 0 amide bonds. The van der Waals surface area contributed by atoms with Crippen LogP contribution >= 0.6 is 12.2 Å². The van der Waals surface area contributed by atoms with Gasteiger partial charge in [-0.2, -0.15) is 0 Å². The monoisotopic (exact) mass is 282 g/mol. The Balaban J connectivity index is 2.69. The molecule has 0 aliphatic heterocycles. The standard InChI is InChI=1S/C13H18N2O3S/c1-8-4-5-9(2)10(6-8)14-13(19)15-11(7-16)12(17)18-3/h4-6,11,16H,7H2,1-3H3,(H2,14,15,19). The Bertz CT molecular complexity index is 477. The number of hydrogen-bond donors (Lipinski definition) is 3. The summed E-state index contributed by atoms with van der Waals surface area (Å²) in [5, 5.41) is 15.1. The fourth-order valence-corrected chi connectivity index (χ4v) is 1.76. The first kappa shape index (κ1) is 15.4. The number of ether oxygens (including phenoxy) is 1. The van der Waals surface area contributed by atoms with Crippen LogP contribution in [0.5, 0.6) is 0 Å². The molecular weight excluding hydrogens is 264 g/mol. The summed E-state index contributed by atoms with van der Waals surface area (Å²) in [6.07, 6.45) is 0. The average molecular weight is 282 g/mol. The molecule has 0 radical (unpaired) electrons. The van der Waals surface area contributed by atoms with Gasteiger partial charge in [-0.05, 0) is 43.3 Å². The molecular formula is C13H18N2O3S. The first-order chi connectivity index (χ1) is 8.97. The van der Waals surface area contributed by atoms with Crippen LogP contribution in [0, 0.1) is 13.8 Å². The number of hydrogen-bond acceptors (Lipinski definition) is 4. The topological polar surface area (TPSA) is 70.6 Å². The van der Waals surface area contributed by atoms with Crippen molar-refractivity contribution in [3.05, 3.63) is 29.3 Å². The van der Waals surface area contributed by atoms with E-state index in [1.165, 1.54) is 7.11 Å². The number of benzene rings is 1. The second-order valence-electron chi connectivity index (χ2n) is 4.18. The molecule has 5 nitrogen and oxygen atoms in total. The lowest BCUT2D eigenvalue weighted by Gasteiger charge is -2.17. The maximum absolute atomic E-state index is 11.3. The number of methoxy groups -OCH3 is 1. The second kappa shape index (κ2) is 7.06. The zero-order valence-corrected chi connectivity index (χ0v) is 12.0. The van der Waals surface area contributed by atoms with Gasteiger partial charge in [-0.3, -0.25) is 0 Å². The van der Waals surface area contributed by atoms with E-state index in [2.05, 4.69) is 15.4 Å². The number of carbonyl (C=O) groups excluding carboxylic acids is 1. The number of rotatable bonds is 4. The van der Waals surface area contributed by atoms with Gasteiger partial charge in [0.25, 0.3) is 0 Å². The Morgan fingerprint density at radius 3 is 2.74 bits per heavy atom. The highest BCUT2D eigenvalue weighted by Gasteiger charge is 2.18. The Morgan fingerprint density at radius 2 is 2.16 bits per heavy atom. The maximum atomic E-state index is 11.3. The molecule has 0 aromatic heterocycles. The highest BCUT2D eigenvalue weighted by atomic mass is 32.1. The van der Waals surface area contributed by atoms with Crippen molar-refractivity contribution in [2.45, 2.75) is 19.9 Å². The van der Waals surface area contributed by atoms with E-state index in [1.54, 1.807) is 0 Å². The zero-order valence-electron chi connectivity index (χ0n) is 11.2. The predicted octanol–water partition coefficient (Wildman–Crippen LogP) is 1.12. The van der Waals surface area contributed by atoms with Gasteiger partial charge in [0.15, 0.2) is 5.11 Å². The van der Waals surface area contributed by atoms with Crippen molar-refractivity contribution in [1.29, 1.82) is 0 Å². The number of nitrogens with one attached hydrogen (secondary N) is 2. The molecule has 1 rings (SSSR count). The van der Waals surface area contributed by atoms with E-state index in [0.29, 0.717) is 0 Å². The number of thiocarbonyl (C=S) groups is 1. The SMILES string of the molecule is COC(=O)C(CO)NC(=S)Nc1cc(C)ccc1C. The fraction of sp³-hybridized carbons (Fsp3) is 0.385. The van der Waals surface area contributed by atoms with E-state index in [4.69, 9.17) is 17.3 Å². The highest BCUT2D eigenvalue weighted by molar-refractivity contribution is 7.80. The molecule has 0 spiro atoms. The second-order valence-corrected chi connectivity index (χ2v) is 4.58. The molecule has 0 fully saturated rings. The Kier molecular flexibility index (Phi) is 5.72. The van der Waals surface area contributed by atoms with Crippen molar-refractivity contribution in [3.63, 3.8) is 0 Å². The van der Waals surface area contributed by atoms with Gasteiger partial charge in [0, 0.05) is 5.69 Å². The summed E-state index contributed by atoms with van der Waals surface area (Å²) in [5.74, 6) is -0.562. The first-order valence-electron chi connectivity index (χ1n) is 5.81. The normalized spacial score (nSPS) is 11.6. The van der Waals surface area contributed by atoms with Crippen molar-refractivity contribution in [1.82, 2.24) is 5.32 Å². The van der Waals surface area contributed by atoms with Crippen molar-refractivity contribution in [2.75, 3.05) is 19.0 Å². The van der Waals surface area contributed by atoms with E-state index >= 15 is 0 Å². The number of aliphatic hydroxyl groups excluding tert-OH is 1. The lowest BCUT2D eigenvalue weighted by atomic mass is 10.1. The molecule has 3 N–H and O–H groups in total. The number of aryl methyl sites for hydroxylation is 2. The summed E-state index contributed by atoms with van der Waals surface area (Å²) in [6.45, 7) is 3.54. The van der Waals surface area contributed by atoms with Crippen molar-refractivity contribution in [3.8, 4) is 0 Å². The van der Waals surface area contributed by atoms with Crippen LogP contribution in [0.1, 0.15) is 11.1 Å². The average Bonchev–Trinajstić information content (AvgIpc) is 2.39. The molecule has 19 heavy (non-hydrogen) atoms. The van der Waals surface area contributed by atoms with Crippen LogP contribution in [0.3, 0.4) is 0 Å². The number of carbonyl (C=O) groups is 1. The van der Waals surface area contributed by atoms with Gasteiger partial charge < -0.3 is 20.5 Å². The summed E-state index contributed by atoms with van der Waals surface area (Å²) in [7, 11) is 1.26. The third kappa shape index (κ3) is 4.50. The van der Waals surface area contributed by atoms with Crippen LogP contribution in [-0.4, -0.2) is 35.9 Å². The summed E-state index contributed by atoms with van der Waals surface area (Å²) < 4.78 is 4.55. The van der Waals surface area contributed by atoms with Gasteiger partial charge in [0.1, 0.15) is 6.04 Å². The van der Waals surface area contributed by atoms with E-state index in [9.17, 15) is 4.79 Å². The minimum absolute atomic E-state index is 0.262. The molecule has 0 aliphatic rings. The molecule has 0 saturated heterocycles. The molecule has 0 saturated carbocycles. The third-order valence-electron chi connectivity index (χ3n) is 2.61. The zero-order chi connectivity index (χ0) is 14.4. The highest BCUT2D eigenvalue weighted by Crippen LogP contribution is 2.16. The quantitative estimate of drug-likeness (QED) is 0.568. The van der Waals surface area contributed by atoms with Crippen molar-refractivity contribution in [2.24, 2.45) is 0 Å². The fourth-order valence-electron chi connectivity index (χ4n) is 1.51. The molecule has 6 heteroatoms. The Hall–Kier alpha value is -1.66. The van der Waals surface area contributed by atoms with E-state index in [-0.39, 0.29) is 11.7 Å². The summed E-state index contributed by atoms with van der Waals surface area (Å²) >= 11 is 5.11. The Morgan fingerprint density at radius 1 is 1.47 bits per heavy atom. The smallest absolute Gasteiger partial charge is 0.330 e. The minimum atomic E-state index is -0.866. The van der Waals surface area contributed by atoms with Crippen molar-refractivity contribution < 1.29 is 14.6 Å². The van der Waals surface area contributed by atoms with Gasteiger partial charge in [0.2, 0.25) is 0 Å². The van der Waals surface area contributed by atoms with Gasteiger partial charge in [-0.15, -0.1) is 0 Å². The van der Waals surface area contributed by atoms with Crippen LogP contribution in [0.15, 0.2) is 18.2 Å². The number of esters is 1. The van der Waals surface area contributed by atoms with Gasteiger partial charge in [-0.1, -0.05) is 12.1 Å². The van der Waals surface area contributed by atoms with Gasteiger partial charge in [-0.25, -0.2) is 4.79 Å². The summed E-state index contributed by atoms with van der Waals surface area (Å²) in [4.78, 5) is 11.3. The molecule has 1 atom stereocenters. The van der Waals surface area contributed by atoms with Gasteiger partial charge in [0.05, 0.1) is 13.7 Å². The van der Waals surface area contributed by atoms with Crippen LogP contribution in [0.2, 0.25) is 0 Å². The predicted molar refractivity (Wildman–Crippen MR) is 78.2 cm³/mol.